The summed E-state index contributed by atoms with van der Waals surface area (Å²) < 4.78 is 0. The molecule has 1 atom stereocenters. The molecule has 0 bridgehead atoms. The normalized spacial score (nSPS) is 21.7. The smallest absolute Gasteiger partial charge is 0.229 e. The number of carbonyl (C=O) groups excluding carboxylic acids is 1. The highest BCUT2D eigenvalue weighted by atomic mass is 16.2. The van der Waals surface area contributed by atoms with Gasteiger partial charge in [0.25, 0.3) is 0 Å². The van der Waals surface area contributed by atoms with Crippen LogP contribution in [0.4, 0.5) is 5.82 Å². The second-order valence-electron chi connectivity index (χ2n) is 3.43. The molecule has 1 unspecified atom stereocenters. The molecule has 0 aromatic carbocycles. The Bertz CT molecular complexity index is 366. The van der Waals surface area contributed by atoms with Crippen LogP contribution in [-0.2, 0) is 4.79 Å². The van der Waals surface area contributed by atoms with Gasteiger partial charge in [-0.15, -0.1) is 0 Å². The number of aromatic nitrogens is 2. The fraction of sp³-hybridized carbons (Fsp3) is 0.444. The molecule has 2 rings (SSSR count). The van der Waals surface area contributed by atoms with Crippen LogP contribution in [-0.4, -0.2) is 28.5 Å². The van der Waals surface area contributed by atoms with Crippen LogP contribution in [0.2, 0.25) is 0 Å². The first-order chi connectivity index (χ1) is 6.68. The van der Waals surface area contributed by atoms with E-state index in [1.165, 1.54) is 0 Å². The zero-order valence-corrected chi connectivity index (χ0v) is 7.97. The van der Waals surface area contributed by atoms with Gasteiger partial charge in [0.2, 0.25) is 5.91 Å². The summed E-state index contributed by atoms with van der Waals surface area (Å²) >= 11 is 0. The first-order valence-electron chi connectivity index (χ1n) is 4.52. The summed E-state index contributed by atoms with van der Waals surface area (Å²) in [6.07, 6.45) is 3.59. The number of anilines is 1. The minimum atomic E-state index is -0.0797. The minimum absolute atomic E-state index is 0.0288. The number of aryl methyl sites for hydroxylation is 1. The van der Waals surface area contributed by atoms with Gasteiger partial charge in [0.1, 0.15) is 0 Å². The Morgan fingerprint density at radius 2 is 2.21 bits per heavy atom. The summed E-state index contributed by atoms with van der Waals surface area (Å²) in [4.78, 5) is 21.3. The van der Waals surface area contributed by atoms with Crippen LogP contribution in [0.3, 0.4) is 0 Å². The van der Waals surface area contributed by atoms with Gasteiger partial charge in [-0.05, 0) is 6.92 Å². The van der Waals surface area contributed by atoms with Gasteiger partial charge in [-0.1, -0.05) is 0 Å². The van der Waals surface area contributed by atoms with Crippen LogP contribution in [0.15, 0.2) is 12.4 Å². The first kappa shape index (κ1) is 9.08. The molecule has 74 valence electrons. The Balaban J connectivity index is 2.32. The van der Waals surface area contributed by atoms with E-state index in [9.17, 15) is 4.79 Å². The van der Waals surface area contributed by atoms with Gasteiger partial charge in [0.05, 0.1) is 5.69 Å². The average Bonchev–Trinajstić information content (AvgIpc) is 2.46. The highest BCUT2D eigenvalue weighted by Crippen LogP contribution is 2.19. The van der Waals surface area contributed by atoms with E-state index in [4.69, 9.17) is 5.73 Å². The summed E-state index contributed by atoms with van der Waals surface area (Å²) in [5.41, 5.74) is 6.45. The van der Waals surface area contributed by atoms with Crippen molar-refractivity contribution in [1.82, 2.24) is 9.97 Å². The maximum absolute atomic E-state index is 11.5. The molecule has 0 aliphatic carbocycles. The Kier molecular flexibility index (Phi) is 2.17. The van der Waals surface area contributed by atoms with Gasteiger partial charge in [-0.2, -0.15) is 0 Å². The molecule has 5 nitrogen and oxygen atoms in total. The van der Waals surface area contributed by atoms with Gasteiger partial charge >= 0.3 is 0 Å². The highest BCUT2D eigenvalue weighted by molar-refractivity contribution is 5.95. The number of nitrogens with zero attached hydrogens (tertiary/aromatic N) is 3. The fourth-order valence-electron chi connectivity index (χ4n) is 1.61. The Hall–Kier alpha value is -1.49. The second-order valence-corrected chi connectivity index (χ2v) is 3.43. The molecule has 1 aromatic heterocycles. The van der Waals surface area contributed by atoms with E-state index in [1.807, 2.05) is 6.92 Å². The summed E-state index contributed by atoms with van der Waals surface area (Å²) in [6.45, 7) is 2.37. The predicted molar refractivity (Wildman–Crippen MR) is 51.7 cm³/mol. The van der Waals surface area contributed by atoms with Crippen LogP contribution in [0.25, 0.3) is 0 Å². The lowest BCUT2D eigenvalue weighted by Crippen LogP contribution is -2.29. The van der Waals surface area contributed by atoms with E-state index >= 15 is 0 Å². The maximum atomic E-state index is 11.5. The minimum Gasteiger partial charge on any atom is -0.326 e. The van der Waals surface area contributed by atoms with Gasteiger partial charge in [0, 0.05) is 31.4 Å². The van der Waals surface area contributed by atoms with E-state index in [1.54, 1.807) is 17.3 Å². The summed E-state index contributed by atoms with van der Waals surface area (Å²) in [7, 11) is 0. The summed E-state index contributed by atoms with van der Waals surface area (Å²) in [6, 6.07) is -0.0797. The first-order valence-corrected chi connectivity index (χ1v) is 4.52. The third kappa shape index (κ3) is 1.46. The Labute approximate surface area is 82.0 Å². The Morgan fingerprint density at radius 1 is 1.50 bits per heavy atom. The third-order valence-electron chi connectivity index (χ3n) is 2.27. The van der Waals surface area contributed by atoms with Crippen LogP contribution in [0, 0.1) is 6.92 Å². The van der Waals surface area contributed by atoms with Crippen molar-refractivity contribution in [2.75, 3.05) is 11.4 Å². The monoisotopic (exact) mass is 192 g/mol. The number of nitrogens with two attached hydrogens (primary N) is 1. The maximum Gasteiger partial charge on any atom is 0.229 e. The summed E-state index contributed by atoms with van der Waals surface area (Å²) in [5.74, 6) is 0.659. The molecule has 0 radical (unpaired) electrons. The standard InChI is InChI=1S/C9H12N4O/c1-6-9(12-3-2-11-6)13-5-7(10)4-8(13)14/h2-3,7H,4-5,10H2,1H3. The van der Waals surface area contributed by atoms with E-state index in [-0.39, 0.29) is 11.9 Å². The molecule has 1 amide bonds. The molecule has 1 aromatic rings. The van der Waals surface area contributed by atoms with Crippen molar-refractivity contribution in [3.8, 4) is 0 Å². The molecular formula is C9H12N4O. The van der Waals surface area contributed by atoms with Crippen molar-refractivity contribution in [3.05, 3.63) is 18.1 Å². The molecule has 1 saturated heterocycles. The number of amides is 1. The fourth-order valence-corrected chi connectivity index (χ4v) is 1.61. The van der Waals surface area contributed by atoms with Gasteiger partial charge in [-0.25, -0.2) is 4.98 Å². The lowest BCUT2D eigenvalue weighted by Gasteiger charge is -2.15. The SMILES string of the molecule is Cc1nccnc1N1CC(N)CC1=O. The number of hydrogen-bond acceptors (Lipinski definition) is 4. The molecule has 5 heteroatoms. The largest absolute Gasteiger partial charge is 0.326 e. The van der Waals surface area contributed by atoms with Gasteiger partial charge in [0.15, 0.2) is 5.82 Å². The van der Waals surface area contributed by atoms with E-state index < -0.39 is 0 Å². The molecule has 0 spiro atoms. The molecule has 1 aliphatic heterocycles. The summed E-state index contributed by atoms with van der Waals surface area (Å²) in [5, 5.41) is 0. The van der Waals surface area contributed by atoms with Crippen LogP contribution in [0.1, 0.15) is 12.1 Å². The zero-order chi connectivity index (χ0) is 10.1. The molecule has 14 heavy (non-hydrogen) atoms. The van der Waals surface area contributed by atoms with Gasteiger partial charge in [-0.3, -0.25) is 14.7 Å². The van der Waals surface area contributed by atoms with Crippen LogP contribution < -0.4 is 10.6 Å². The zero-order valence-electron chi connectivity index (χ0n) is 7.97. The van der Waals surface area contributed by atoms with Crippen molar-refractivity contribution < 1.29 is 4.79 Å². The van der Waals surface area contributed by atoms with Crippen LogP contribution >= 0.6 is 0 Å². The van der Waals surface area contributed by atoms with E-state index in [0.717, 1.165) is 5.69 Å². The number of hydrogen-bond donors (Lipinski definition) is 1. The molecular weight excluding hydrogens is 180 g/mol. The second kappa shape index (κ2) is 3.34. The van der Waals surface area contributed by atoms with Crippen molar-refractivity contribution in [2.24, 2.45) is 5.73 Å². The van der Waals surface area contributed by atoms with E-state index in [2.05, 4.69) is 9.97 Å². The molecule has 1 aliphatic rings. The van der Waals surface area contributed by atoms with Crippen LogP contribution in [0.5, 0.6) is 0 Å². The van der Waals surface area contributed by atoms with Gasteiger partial charge < -0.3 is 5.73 Å². The van der Waals surface area contributed by atoms with Crippen molar-refractivity contribution in [3.63, 3.8) is 0 Å². The van der Waals surface area contributed by atoms with Crippen molar-refractivity contribution >= 4 is 11.7 Å². The van der Waals surface area contributed by atoms with E-state index in [0.29, 0.717) is 18.8 Å². The highest BCUT2D eigenvalue weighted by Gasteiger charge is 2.29. The topological polar surface area (TPSA) is 72.1 Å². The number of rotatable bonds is 1. The molecule has 2 N–H and O–H groups in total. The lowest BCUT2D eigenvalue weighted by molar-refractivity contribution is -0.117. The predicted octanol–water partition coefficient (Wildman–Crippen LogP) is -0.151. The quantitative estimate of drug-likeness (QED) is 0.671. The molecule has 1 fully saturated rings. The Morgan fingerprint density at radius 3 is 2.79 bits per heavy atom. The van der Waals surface area contributed by atoms with Crippen molar-refractivity contribution in [2.45, 2.75) is 19.4 Å². The third-order valence-corrected chi connectivity index (χ3v) is 2.27. The number of carbonyl (C=O) groups is 1. The average molecular weight is 192 g/mol. The molecule has 2 heterocycles. The lowest BCUT2D eigenvalue weighted by atomic mass is 10.3. The van der Waals surface area contributed by atoms with Crippen molar-refractivity contribution in [1.29, 1.82) is 0 Å². The molecule has 0 saturated carbocycles.